The van der Waals surface area contributed by atoms with Crippen molar-refractivity contribution in [1.82, 2.24) is 4.72 Å². The van der Waals surface area contributed by atoms with Crippen molar-refractivity contribution in [3.63, 3.8) is 0 Å². The Hall–Kier alpha value is -2.51. The van der Waals surface area contributed by atoms with E-state index in [1.165, 1.54) is 24.3 Å². The summed E-state index contributed by atoms with van der Waals surface area (Å²) in [6.45, 7) is 1.64. The summed E-state index contributed by atoms with van der Waals surface area (Å²) in [5.74, 6) is -0.738. The molecule has 0 fully saturated rings. The molecule has 0 spiro atoms. The molecule has 0 aliphatic rings. The number of carbonyl (C=O) groups is 1. The maximum atomic E-state index is 13.0. The molecule has 0 aliphatic carbocycles. The summed E-state index contributed by atoms with van der Waals surface area (Å²) in [6, 6.07) is 13.0. The van der Waals surface area contributed by atoms with Gasteiger partial charge in [-0.05, 0) is 42.3 Å². The Bertz CT molecular complexity index is 865. The van der Waals surface area contributed by atoms with Crippen LogP contribution >= 0.6 is 0 Å². The van der Waals surface area contributed by atoms with Gasteiger partial charge in [0.25, 0.3) is 0 Å². The van der Waals surface area contributed by atoms with Crippen molar-refractivity contribution >= 4 is 27.7 Å². The second-order valence-corrected chi connectivity index (χ2v) is 7.06. The number of anilines is 1. The molecule has 0 saturated carbocycles. The van der Waals surface area contributed by atoms with Crippen molar-refractivity contribution in [2.75, 3.05) is 11.9 Å². The van der Waals surface area contributed by atoms with Gasteiger partial charge >= 0.3 is 0 Å². The standard InChI is InChI=1S/C18H19FN2O3S/c1-14-13-16(19)7-8-17(14)21-18(22)9-11-20-25(23,24)12-10-15-5-3-2-4-6-15/h2-8,10,12-13,20H,9,11H2,1H3,(H,21,22)/b12-10+. The average Bonchev–Trinajstić information content (AvgIpc) is 2.56. The molecule has 7 heteroatoms. The summed E-state index contributed by atoms with van der Waals surface area (Å²) in [6.07, 6.45) is 1.44. The lowest BCUT2D eigenvalue weighted by Crippen LogP contribution is -2.26. The van der Waals surface area contributed by atoms with Crippen LogP contribution in [-0.2, 0) is 14.8 Å². The van der Waals surface area contributed by atoms with Crippen LogP contribution in [0.15, 0.2) is 53.9 Å². The van der Waals surface area contributed by atoms with Crippen molar-refractivity contribution in [1.29, 1.82) is 0 Å². The highest BCUT2D eigenvalue weighted by atomic mass is 32.2. The van der Waals surface area contributed by atoms with E-state index in [1.807, 2.05) is 18.2 Å². The van der Waals surface area contributed by atoms with E-state index in [2.05, 4.69) is 10.0 Å². The molecule has 0 aromatic heterocycles. The van der Waals surface area contributed by atoms with E-state index in [1.54, 1.807) is 19.1 Å². The van der Waals surface area contributed by atoms with Crippen LogP contribution in [0.4, 0.5) is 10.1 Å². The van der Waals surface area contributed by atoms with E-state index < -0.39 is 10.0 Å². The lowest BCUT2D eigenvalue weighted by Gasteiger charge is -2.08. The van der Waals surface area contributed by atoms with E-state index in [0.29, 0.717) is 11.3 Å². The number of rotatable bonds is 7. The molecular formula is C18H19FN2O3S. The average molecular weight is 362 g/mol. The smallest absolute Gasteiger partial charge is 0.233 e. The molecule has 0 saturated heterocycles. The maximum Gasteiger partial charge on any atom is 0.233 e. The fourth-order valence-corrected chi connectivity index (χ4v) is 2.89. The van der Waals surface area contributed by atoms with Crippen LogP contribution in [0.2, 0.25) is 0 Å². The van der Waals surface area contributed by atoms with Crippen molar-refractivity contribution in [2.24, 2.45) is 0 Å². The molecule has 2 aromatic carbocycles. The van der Waals surface area contributed by atoms with Gasteiger partial charge in [0, 0.05) is 24.1 Å². The molecule has 2 aromatic rings. The summed E-state index contributed by atoms with van der Waals surface area (Å²) >= 11 is 0. The minimum Gasteiger partial charge on any atom is -0.326 e. The summed E-state index contributed by atoms with van der Waals surface area (Å²) in [5, 5.41) is 3.68. The van der Waals surface area contributed by atoms with Crippen molar-refractivity contribution < 1.29 is 17.6 Å². The zero-order valence-corrected chi connectivity index (χ0v) is 14.5. The lowest BCUT2D eigenvalue weighted by molar-refractivity contribution is -0.116. The Kier molecular flexibility index (Phi) is 6.44. The zero-order valence-electron chi connectivity index (χ0n) is 13.7. The molecule has 0 heterocycles. The number of hydrogen-bond acceptors (Lipinski definition) is 3. The highest BCUT2D eigenvalue weighted by Gasteiger charge is 2.09. The first-order chi connectivity index (χ1) is 11.9. The number of carbonyl (C=O) groups excluding carboxylic acids is 1. The molecule has 25 heavy (non-hydrogen) atoms. The third-order valence-electron chi connectivity index (χ3n) is 3.36. The summed E-state index contributed by atoms with van der Waals surface area (Å²) in [5.41, 5.74) is 1.86. The number of aryl methyl sites for hydroxylation is 1. The highest BCUT2D eigenvalue weighted by Crippen LogP contribution is 2.15. The molecule has 132 valence electrons. The fraction of sp³-hybridized carbons (Fsp3) is 0.167. The van der Waals surface area contributed by atoms with E-state index in [9.17, 15) is 17.6 Å². The molecule has 0 radical (unpaired) electrons. The first-order valence-electron chi connectivity index (χ1n) is 7.64. The van der Waals surface area contributed by atoms with Gasteiger partial charge in [-0.25, -0.2) is 17.5 Å². The Morgan fingerprint density at radius 3 is 2.56 bits per heavy atom. The number of benzene rings is 2. The second kappa shape index (κ2) is 8.55. The normalized spacial score (nSPS) is 11.6. The van der Waals surface area contributed by atoms with Gasteiger partial charge in [0.05, 0.1) is 0 Å². The molecular weight excluding hydrogens is 343 g/mol. The first kappa shape index (κ1) is 18.8. The van der Waals surface area contributed by atoms with Crippen LogP contribution in [0, 0.1) is 12.7 Å². The number of amides is 1. The topological polar surface area (TPSA) is 75.3 Å². The van der Waals surface area contributed by atoms with Crippen LogP contribution in [-0.4, -0.2) is 20.9 Å². The van der Waals surface area contributed by atoms with Gasteiger partial charge < -0.3 is 5.32 Å². The lowest BCUT2D eigenvalue weighted by atomic mass is 10.2. The molecule has 0 bridgehead atoms. The molecule has 0 unspecified atom stereocenters. The molecule has 2 rings (SSSR count). The van der Waals surface area contributed by atoms with Crippen LogP contribution in [0.25, 0.3) is 6.08 Å². The van der Waals surface area contributed by atoms with Gasteiger partial charge in [-0.2, -0.15) is 0 Å². The Morgan fingerprint density at radius 2 is 1.88 bits per heavy atom. The SMILES string of the molecule is Cc1cc(F)ccc1NC(=O)CCNS(=O)(=O)/C=C/c1ccccc1. The van der Waals surface area contributed by atoms with E-state index >= 15 is 0 Å². The van der Waals surface area contributed by atoms with Gasteiger partial charge in [0.2, 0.25) is 15.9 Å². The minimum absolute atomic E-state index is 0.0325. The monoisotopic (exact) mass is 362 g/mol. The number of hydrogen-bond donors (Lipinski definition) is 2. The first-order valence-corrected chi connectivity index (χ1v) is 9.19. The van der Waals surface area contributed by atoms with Gasteiger partial charge in [0.1, 0.15) is 5.82 Å². The second-order valence-electron chi connectivity index (χ2n) is 5.41. The van der Waals surface area contributed by atoms with Crippen LogP contribution < -0.4 is 10.0 Å². The highest BCUT2D eigenvalue weighted by molar-refractivity contribution is 7.92. The molecule has 5 nitrogen and oxygen atoms in total. The molecule has 2 N–H and O–H groups in total. The number of nitrogens with one attached hydrogen (secondary N) is 2. The third kappa shape index (κ3) is 6.48. The van der Waals surface area contributed by atoms with E-state index in [-0.39, 0.29) is 24.7 Å². The van der Waals surface area contributed by atoms with Crippen LogP contribution in [0.1, 0.15) is 17.5 Å². The Labute approximate surface area is 146 Å². The van der Waals surface area contributed by atoms with Gasteiger partial charge in [-0.15, -0.1) is 0 Å². The minimum atomic E-state index is -3.62. The maximum absolute atomic E-state index is 13.0. The van der Waals surface area contributed by atoms with E-state index in [0.717, 1.165) is 11.0 Å². The zero-order chi connectivity index (χ0) is 18.3. The number of sulfonamides is 1. The molecule has 1 amide bonds. The van der Waals surface area contributed by atoms with Crippen LogP contribution in [0.5, 0.6) is 0 Å². The number of halogens is 1. The Balaban J connectivity index is 1.82. The van der Waals surface area contributed by atoms with Gasteiger partial charge in [-0.3, -0.25) is 4.79 Å². The summed E-state index contributed by atoms with van der Waals surface area (Å²) < 4.78 is 39.1. The summed E-state index contributed by atoms with van der Waals surface area (Å²) in [4.78, 5) is 11.9. The predicted molar refractivity (Wildman–Crippen MR) is 96.8 cm³/mol. The van der Waals surface area contributed by atoms with Crippen LogP contribution in [0.3, 0.4) is 0 Å². The van der Waals surface area contributed by atoms with Crippen molar-refractivity contribution in [3.05, 3.63) is 70.9 Å². The quantitative estimate of drug-likeness (QED) is 0.795. The van der Waals surface area contributed by atoms with Crippen molar-refractivity contribution in [3.8, 4) is 0 Å². The summed E-state index contributed by atoms with van der Waals surface area (Å²) in [7, 11) is -3.62. The molecule has 0 atom stereocenters. The van der Waals surface area contributed by atoms with Crippen molar-refractivity contribution in [2.45, 2.75) is 13.3 Å². The van der Waals surface area contributed by atoms with Gasteiger partial charge in [0.15, 0.2) is 0 Å². The van der Waals surface area contributed by atoms with Gasteiger partial charge in [-0.1, -0.05) is 30.3 Å². The fourth-order valence-electron chi connectivity index (χ4n) is 2.07. The Morgan fingerprint density at radius 1 is 1.16 bits per heavy atom. The van der Waals surface area contributed by atoms with E-state index in [4.69, 9.17) is 0 Å². The largest absolute Gasteiger partial charge is 0.326 e. The molecule has 0 aliphatic heterocycles. The predicted octanol–water partition coefficient (Wildman–Crippen LogP) is 3.05. The third-order valence-corrected chi connectivity index (χ3v) is 4.46.